The molecule has 2 aromatic rings. The van der Waals surface area contributed by atoms with Crippen LogP contribution in [0.1, 0.15) is 58.0 Å². The van der Waals surface area contributed by atoms with Crippen LogP contribution < -0.4 is 15.0 Å². The molecule has 0 radical (unpaired) electrons. The third-order valence-electron chi connectivity index (χ3n) is 7.54. The van der Waals surface area contributed by atoms with E-state index in [9.17, 15) is 18.0 Å². The molecule has 0 spiro atoms. The van der Waals surface area contributed by atoms with Gasteiger partial charge in [-0.15, -0.1) is 0 Å². The van der Waals surface area contributed by atoms with E-state index in [1.807, 2.05) is 13.1 Å². The van der Waals surface area contributed by atoms with Gasteiger partial charge in [-0.3, -0.25) is 9.69 Å². The molecule has 0 saturated heterocycles. The monoisotopic (exact) mass is 554 g/mol. The molecular formula is C26H34F4N4O3Si. The van der Waals surface area contributed by atoms with E-state index in [4.69, 9.17) is 9.16 Å². The van der Waals surface area contributed by atoms with Crippen LogP contribution in [0.2, 0.25) is 18.1 Å². The van der Waals surface area contributed by atoms with Crippen LogP contribution in [-0.4, -0.2) is 43.5 Å². The zero-order valence-corrected chi connectivity index (χ0v) is 23.8. The molecule has 0 atom stereocenters. The van der Waals surface area contributed by atoms with Crippen LogP contribution in [0.3, 0.4) is 0 Å². The predicted molar refractivity (Wildman–Crippen MR) is 139 cm³/mol. The van der Waals surface area contributed by atoms with Crippen LogP contribution in [0.4, 0.5) is 34.9 Å². The smallest absolute Gasteiger partial charge is 0.405 e. The van der Waals surface area contributed by atoms with E-state index in [1.54, 1.807) is 19.9 Å². The molecule has 0 fully saturated rings. The summed E-state index contributed by atoms with van der Waals surface area (Å²) in [6.45, 7) is 12.5. The van der Waals surface area contributed by atoms with Crippen LogP contribution in [0.15, 0.2) is 12.1 Å². The zero-order chi connectivity index (χ0) is 28.3. The third-order valence-corrected chi connectivity index (χ3v) is 12.0. The first-order valence-electron chi connectivity index (χ1n) is 12.6. The molecule has 208 valence electrons. The Morgan fingerprint density at radius 3 is 2.50 bits per heavy atom. The molecule has 2 aliphatic heterocycles. The van der Waals surface area contributed by atoms with Crippen LogP contribution in [0.5, 0.6) is 5.75 Å². The summed E-state index contributed by atoms with van der Waals surface area (Å²) in [5.41, 5.74) is -0.195. The summed E-state index contributed by atoms with van der Waals surface area (Å²) in [4.78, 5) is 24.0. The van der Waals surface area contributed by atoms with Crippen molar-refractivity contribution in [2.75, 3.05) is 23.4 Å². The number of nitrogens with one attached hydrogen (secondary N) is 1. The fraction of sp³-hybridized carbons (Fsp3) is 0.577. The number of halogens is 4. The summed E-state index contributed by atoms with van der Waals surface area (Å²) in [6, 6.07) is 2.88. The van der Waals surface area contributed by atoms with E-state index < -0.39 is 38.2 Å². The normalized spacial score (nSPS) is 17.2. The molecule has 2 aliphatic rings. The van der Waals surface area contributed by atoms with Gasteiger partial charge in [-0.1, -0.05) is 20.8 Å². The van der Waals surface area contributed by atoms with Gasteiger partial charge in [-0.05, 0) is 56.5 Å². The minimum atomic E-state index is -4.51. The van der Waals surface area contributed by atoms with Crippen molar-refractivity contribution in [3.63, 3.8) is 0 Å². The Morgan fingerprint density at radius 2 is 1.87 bits per heavy atom. The fourth-order valence-corrected chi connectivity index (χ4v) is 5.26. The lowest BCUT2D eigenvalue weighted by molar-refractivity contribution is -0.121. The Kier molecular flexibility index (Phi) is 7.05. The predicted octanol–water partition coefficient (Wildman–Crippen LogP) is 6.39. The second kappa shape index (κ2) is 9.47. The summed E-state index contributed by atoms with van der Waals surface area (Å²) < 4.78 is 66.3. The van der Waals surface area contributed by atoms with Gasteiger partial charge >= 0.3 is 6.18 Å². The number of nitrogens with zero attached hydrogens (tertiary/aromatic N) is 3. The Balaban J connectivity index is 1.84. The number of hydrogen-bond donors (Lipinski definition) is 1. The largest absolute Gasteiger partial charge is 0.490 e. The van der Waals surface area contributed by atoms with Crippen molar-refractivity contribution in [1.82, 2.24) is 9.97 Å². The third kappa shape index (κ3) is 5.24. The number of rotatable bonds is 6. The Hall–Kier alpha value is -2.73. The summed E-state index contributed by atoms with van der Waals surface area (Å²) >= 11 is 0. The maximum Gasteiger partial charge on any atom is 0.405 e. The number of amides is 1. The average Bonchev–Trinajstić information content (AvgIpc) is 3.00. The number of aromatic nitrogens is 2. The van der Waals surface area contributed by atoms with Crippen LogP contribution in [0.25, 0.3) is 0 Å². The number of carbonyl (C=O) groups is 1. The van der Waals surface area contributed by atoms with Gasteiger partial charge in [0.1, 0.15) is 18.2 Å². The summed E-state index contributed by atoms with van der Waals surface area (Å²) in [6.07, 6.45) is -3.23. The summed E-state index contributed by atoms with van der Waals surface area (Å²) in [5, 5.41) is 2.25. The quantitative estimate of drug-likeness (QED) is 0.329. The molecule has 38 heavy (non-hydrogen) atoms. The van der Waals surface area contributed by atoms with Crippen molar-refractivity contribution in [3.05, 3.63) is 34.9 Å². The fourth-order valence-electron chi connectivity index (χ4n) is 4.34. The van der Waals surface area contributed by atoms with Gasteiger partial charge in [0.25, 0.3) is 0 Å². The SMILES string of the molecule is CC1(C)C(=O)N(c2cc(F)c3c(c2)CCCO3)c2nc(CO[Si](C)(C)C(C)(C)C)nc(NCC(F)(F)F)c21. The number of benzene rings is 1. The molecule has 12 heteroatoms. The summed E-state index contributed by atoms with van der Waals surface area (Å²) in [7, 11) is -2.25. The molecule has 1 amide bonds. The van der Waals surface area contributed by atoms with E-state index >= 15 is 4.39 Å². The van der Waals surface area contributed by atoms with Gasteiger partial charge in [0.05, 0.1) is 29.9 Å². The standard InChI is InChI=1S/C26H34F4N4O3Si/c1-24(2,3)38(6,7)37-13-18-32-21(31-14-26(28,29)30)19-22(33-18)34(23(35)25(19,4)5)16-11-15-9-8-10-36-20(15)17(27)12-16/h11-12H,8-10,13-14H2,1-7H3,(H,31,32,33). The number of fused-ring (bicyclic) bond motifs is 2. The lowest BCUT2D eigenvalue weighted by Gasteiger charge is -2.36. The lowest BCUT2D eigenvalue weighted by atomic mass is 9.87. The van der Waals surface area contributed by atoms with Crippen molar-refractivity contribution in [1.29, 1.82) is 0 Å². The minimum Gasteiger partial charge on any atom is -0.490 e. The molecule has 4 rings (SSSR count). The van der Waals surface area contributed by atoms with Gasteiger partial charge in [0.15, 0.2) is 25.7 Å². The average molecular weight is 555 g/mol. The van der Waals surface area contributed by atoms with E-state index in [0.29, 0.717) is 25.0 Å². The highest BCUT2D eigenvalue weighted by molar-refractivity contribution is 6.74. The molecular weight excluding hydrogens is 520 g/mol. The van der Waals surface area contributed by atoms with Gasteiger partial charge < -0.3 is 14.5 Å². The van der Waals surface area contributed by atoms with Crippen molar-refractivity contribution in [3.8, 4) is 5.75 Å². The highest BCUT2D eigenvalue weighted by atomic mass is 28.4. The van der Waals surface area contributed by atoms with Gasteiger partial charge in [-0.2, -0.15) is 13.2 Å². The van der Waals surface area contributed by atoms with E-state index in [0.717, 1.165) is 0 Å². The van der Waals surface area contributed by atoms with Gasteiger partial charge in [0.2, 0.25) is 5.91 Å². The van der Waals surface area contributed by atoms with Crippen LogP contribution in [0, 0.1) is 5.82 Å². The molecule has 0 bridgehead atoms. The first-order valence-corrected chi connectivity index (χ1v) is 15.5. The maximum atomic E-state index is 15.0. The molecule has 0 unspecified atom stereocenters. The number of ether oxygens (including phenoxy) is 1. The lowest BCUT2D eigenvalue weighted by Crippen LogP contribution is -2.40. The van der Waals surface area contributed by atoms with Crippen molar-refractivity contribution >= 4 is 31.5 Å². The number of aryl methyl sites for hydroxylation is 1. The molecule has 0 aliphatic carbocycles. The number of hydrogen-bond acceptors (Lipinski definition) is 6. The van der Waals surface area contributed by atoms with Crippen LogP contribution in [-0.2, 0) is 27.7 Å². The second-order valence-electron chi connectivity index (χ2n) is 11.8. The zero-order valence-electron chi connectivity index (χ0n) is 22.8. The maximum absolute atomic E-state index is 15.0. The number of carbonyl (C=O) groups excluding carboxylic acids is 1. The molecule has 1 aromatic heterocycles. The summed E-state index contributed by atoms with van der Waals surface area (Å²) in [5.74, 6) is -0.744. The first-order chi connectivity index (χ1) is 17.4. The molecule has 1 aromatic carbocycles. The topological polar surface area (TPSA) is 76.6 Å². The van der Waals surface area contributed by atoms with Crippen molar-refractivity contribution in [2.45, 2.75) is 83.8 Å². The highest BCUT2D eigenvalue weighted by Crippen LogP contribution is 2.48. The number of alkyl halides is 3. The molecule has 7 nitrogen and oxygen atoms in total. The van der Waals surface area contributed by atoms with Crippen LogP contribution >= 0.6 is 0 Å². The number of anilines is 3. The van der Waals surface area contributed by atoms with E-state index in [1.165, 1.54) is 11.0 Å². The van der Waals surface area contributed by atoms with E-state index in [2.05, 4.69) is 36.1 Å². The van der Waals surface area contributed by atoms with Crippen molar-refractivity contribution < 1.29 is 31.5 Å². The Morgan fingerprint density at radius 1 is 1.18 bits per heavy atom. The van der Waals surface area contributed by atoms with Gasteiger partial charge in [-0.25, -0.2) is 14.4 Å². The first kappa shape index (κ1) is 28.3. The second-order valence-corrected chi connectivity index (χ2v) is 16.6. The Labute approximate surface area is 221 Å². The molecule has 1 N–H and O–H groups in total. The Bertz CT molecular complexity index is 1260. The van der Waals surface area contributed by atoms with Crippen molar-refractivity contribution in [2.24, 2.45) is 0 Å². The minimum absolute atomic E-state index is 0.0423. The molecule has 0 saturated carbocycles. The highest BCUT2D eigenvalue weighted by Gasteiger charge is 2.49. The molecule has 3 heterocycles. The van der Waals surface area contributed by atoms with Gasteiger partial charge in [0, 0.05) is 6.07 Å². The van der Waals surface area contributed by atoms with E-state index in [-0.39, 0.29) is 46.1 Å².